The van der Waals surface area contributed by atoms with E-state index in [4.69, 9.17) is 0 Å². The second-order valence-electron chi connectivity index (χ2n) is 5.16. The third-order valence-electron chi connectivity index (χ3n) is 3.50. The Bertz CT molecular complexity index is 530. The number of benzene rings is 1. The molecule has 1 rings (SSSR count). The molecule has 120 valence electrons. The predicted octanol–water partition coefficient (Wildman–Crippen LogP) is 1.23. The standard InChI is InChI=1S/C16H22N2O4/c1-11(14-7-5-4-6-8-14)15(20)18(12(2)16(21)22)10-9-17-13(3)19/h4-8,11-12H,9-10H2,1-3H3,(H,17,19)(H,21,22). The Kier molecular flexibility index (Phi) is 6.56. The normalized spacial score (nSPS) is 13.0. The molecular formula is C16H22N2O4. The number of carboxylic acids is 1. The highest BCUT2D eigenvalue weighted by atomic mass is 16.4. The summed E-state index contributed by atoms with van der Waals surface area (Å²) in [6.07, 6.45) is 0. The third-order valence-corrected chi connectivity index (χ3v) is 3.50. The van der Waals surface area contributed by atoms with Crippen molar-refractivity contribution in [2.24, 2.45) is 0 Å². The largest absolute Gasteiger partial charge is 0.480 e. The van der Waals surface area contributed by atoms with Gasteiger partial charge in [0.2, 0.25) is 11.8 Å². The molecule has 0 aliphatic carbocycles. The van der Waals surface area contributed by atoms with Crippen molar-refractivity contribution in [3.8, 4) is 0 Å². The highest BCUT2D eigenvalue weighted by Crippen LogP contribution is 2.19. The van der Waals surface area contributed by atoms with Gasteiger partial charge in [0.05, 0.1) is 5.92 Å². The number of carbonyl (C=O) groups excluding carboxylic acids is 2. The van der Waals surface area contributed by atoms with Gasteiger partial charge in [0.15, 0.2) is 0 Å². The number of amides is 2. The maximum absolute atomic E-state index is 12.6. The van der Waals surface area contributed by atoms with E-state index in [1.807, 2.05) is 30.3 Å². The number of hydrogen-bond acceptors (Lipinski definition) is 3. The predicted molar refractivity (Wildman–Crippen MR) is 82.4 cm³/mol. The van der Waals surface area contributed by atoms with Gasteiger partial charge >= 0.3 is 5.97 Å². The van der Waals surface area contributed by atoms with Crippen LogP contribution in [-0.4, -0.2) is 46.9 Å². The zero-order chi connectivity index (χ0) is 16.7. The van der Waals surface area contributed by atoms with E-state index in [1.54, 1.807) is 6.92 Å². The fourth-order valence-corrected chi connectivity index (χ4v) is 2.11. The van der Waals surface area contributed by atoms with E-state index < -0.39 is 17.9 Å². The lowest BCUT2D eigenvalue weighted by Gasteiger charge is -2.29. The first kappa shape index (κ1) is 17.7. The molecule has 6 heteroatoms. The molecule has 0 spiro atoms. The van der Waals surface area contributed by atoms with Crippen molar-refractivity contribution >= 4 is 17.8 Å². The fraction of sp³-hybridized carbons (Fsp3) is 0.438. The van der Waals surface area contributed by atoms with Crippen LogP contribution in [0, 0.1) is 0 Å². The van der Waals surface area contributed by atoms with Gasteiger partial charge in [-0.3, -0.25) is 9.59 Å². The Balaban J connectivity index is 2.86. The Morgan fingerprint density at radius 3 is 2.27 bits per heavy atom. The zero-order valence-electron chi connectivity index (χ0n) is 13.1. The molecule has 0 heterocycles. The molecule has 0 saturated carbocycles. The number of carbonyl (C=O) groups is 3. The minimum absolute atomic E-state index is 0.156. The Labute approximate surface area is 130 Å². The average molecular weight is 306 g/mol. The molecule has 1 aromatic rings. The van der Waals surface area contributed by atoms with Crippen LogP contribution in [0.2, 0.25) is 0 Å². The SMILES string of the molecule is CC(=O)NCCN(C(=O)C(C)c1ccccc1)C(C)C(=O)O. The minimum atomic E-state index is -1.07. The molecule has 0 radical (unpaired) electrons. The van der Waals surface area contributed by atoms with Crippen molar-refractivity contribution in [2.75, 3.05) is 13.1 Å². The highest BCUT2D eigenvalue weighted by Gasteiger charge is 2.29. The Morgan fingerprint density at radius 1 is 1.18 bits per heavy atom. The van der Waals surface area contributed by atoms with Gasteiger partial charge in [0, 0.05) is 20.0 Å². The summed E-state index contributed by atoms with van der Waals surface area (Å²) in [5, 5.41) is 11.8. The zero-order valence-corrected chi connectivity index (χ0v) is 13.1. The molecule has 1 aromatic carbocycles. The lowest BCUT2D eigenvalue weighted by molar-refractivity contribution is -0.149. The van der Waals surface area contributed by atoms with Gasteiger partial charge in [-0.25, -0.2) is 4.79 Å². The van der Waals surface area contributed by atoms with Crippen molar-refractivity contribution < 1.29 is 19.5 Å². The molecule has 2 unspecified atom stereocenters. The molecular weight excluding hydrogens is 284 g/mol. The molecule has 0 aliphatic heterocycles. The number of hydrogen-bond donors (Lipinski definition) is 2. The van der Waals surface area contributed by atoms with Crippen LogP contribution in [0.15, 0.2) is 30.3 Å². The van der Waals surface area contributed by atoms with E-state index in [9.17, 15) is 19.5 Å². The van der Waals surface area contributed by atoms with E-state index >= 15 is 0 Å². The summed E-state index contributed by atoms with van der Waals surface area (Å²) < 4.78 is 0. The first-order chi connectivity index (χ1) is 10.3. The molecule has 22 heavy (non-hydrogen) atoms. The van der Waals surface area contributed by atoms with Gasteiger partial charge in [0.25, 0.3) is 0 Å². The Hall–Kier alpha value is -2.37. The lowest BCUT2D eigenvalue weighted by Crippen LogP contribution is -2.48. The summed E-state index contributed by atoms with van der Waals surface area (Å²) in [7, 11) is 0. The maximum Gasteiger partial charge on any atom is 0.326 e. The minimum Gasteiger partial charge on any atom is -0.480 e. The number of nitrogens with zero attached hydrogens (tertiary/aromatic N) is 1. The van der Waals surface area contributed by atoms with Crippen LogP contribution in [0.5, 0.6) is 0 Å². The summed E-state index contributed by atoms with van der Waals surface area (Å²) in [5.41, 5.74) is 0.828. The number of carboxylic acid groups (broad SMARTS) is 1. The van der Waals surface area contributed by atoms with Gasteiger partial charge in [-0.1, -0.05) is 30.3 Å². The molecule has 0 aliphatic rings. The van der Waals surface area contributed by atoms with Crippen LogP contribution < -0.4 is 5.32 Å². The summed E-state index contributed by atoms with van der Waals surface area (Å²) in [5.74, 6) is -2.00. The van der Waals surface area contributed by atoms with E-state index in [2.05, 4.69) is 5.32 Å². The van der Waals surface area contributed by atoms with Crippen molar-refractivity contribution in [3.05, 3.63) is 35.9 Å². The second-order valence-corrected chi connectivity index (χ2v) is 5.16. The van der Waals surface area contributed by atoms with Crippen molar-refractivity contribution in [1.82, 2.24) is 10.2 Å². The smallest absolute Gasteiger partial charge is 0.326 e. The maximum atomic E-state index is 12.6. The van der Waals surface area contributed by atoms with Crippen molar-refractivity contribution in [3.63, 3.8) is 0 Å². The molecule has 2 amide bonds. The lowest BCUT2D eigenvalue weighted by atomic mass is 9.99. The topological polar surface area (TPSA) is 86.7 Å². The van der Waals surface area contributed by atoms with Gasteiger partial charge in [-0.05, 0) is 19.4 Å². The quantitative estimate of drug-likeness (QED) is 0.793. The van der Waals surface area contributed by atoms with E-state index in [0.717, 1.165) is 5.56 Å². The Morgan fingerprint density at radius 2 is 1.77 bits per heavy atom. The number of rotatable bonds is 7. The van der Waals surface area contributed by atoms with Crippen molar-refractivity contribution in [2.45, 2.75) is 32.7 Å². The molecule has 0 saturated heterocycles. The first-order valence-electron chi connectivity index (χ1n) is 7.17. The summed E-state index contributed by atoms with van der Waals surface area (Å²) in [4.78, 5) is 36.0. The monoisotopic (exact) mass is 306 g/mol. The van der Waals surface area contributed by atoms with Gasteiger partial charge in [-0.2, -0.15) is 0 Å². The molecule has 0 bridgehead atoms. The van der Waals surface area contributed by atoms with Crippen LogP contribution in [0.4, 0.5) is 0 Å². The summed E-state index contributed by atoms with van der Waals surface area (Å²) in [6, 6.07) is 8.24. The number of aliphatic carboxylic acids is 1. The van der Waals surface area contributed by atoms with Crippen LogP contribution in [0.25, 0.3) is 0 Å². The second kappa shape index (κ2) is 8.17. The van der Waals surface area contributed by atoms with E-state index in [-0.39, 0.29) is 24.9 Å². The number of nitrogens with one attached hydrogen (secondary N) is 1. The average Bonchev–Trinajstić information content (AvgIpc) is 2.50. The highest BCUT2D eigenvalue weighted by molar-refractivity contribution is 5.87. The van der Waals surface area contributed by atoms with Crippen LogP contribution in [0.1, 0.15) is 32.3 Å². The van der Waals surface area contributed by atoms with Crippen LogP contribution in [0.3, 0.4) is 0 Å². The van der Waals surface area contributed by atoms with Gasteiger partial charge < -0.3 is 15.3 Å². The third kappa shape index (κ3) is 4.87. The van der Waals surface area contributed by atoms with Gasteiger partial charge in [0.1, 0.15) is 6.04 Å². The molecule has 2 atom stereocenters. The van der Waals surface area contributed by atoms with Crippen LogP contribution >= 0.6 is 0 Å². The van der Waals surface area contributed by atoms with Crippen molar-refractivity contribution in [1.29, 1.82) is 0 Å². The summed E-state index contributed by atoms with van der Waals surface area (Å²) in [6.45, 7) is 4.96. The molecule has 0 fully saturated rings. The van der Waals surface area contributed by atoms with Crippen LogP contribution in [-0.2, 0) is 14.4 Å². The fourth-order valence-electron chi connectivity index (χ4n) is 2.11. The molecule has 0 aromatic heterocycles. The van der Waals surface area contributed by atoms with E-state index in [0.29, 0.717) is 0 Å². The van der Waals surface area contributed by atoms with E-state index in [1.165, 1.54) is 18.7 Å². The summed E-state index contributed by atoms with van der Waals surface area (Å²) >= 11 is 0. The van der Waals surface area contributed by atoms with Gasteiger partial charge in [-0.15, -0.1) is 0 Å². The molecule has 6 nitrogen and oxygen atoms in total. The molecule has 2 N–H and O–H groups in total. The first-order valence-corrected chi connectivity index (χ1v) is 7.17.